The second kappa shape index (κ2) is 4.08. The Morgan fingerprint density at radius 1 is 1.46 bits per heavy atom. The van der Waals surface area contributed by atoms with Crippen LogP contribution >= 0.6 is 11.6 Å². The maximum Gasteiger partial charge on any atom is 0.113 e. The van der Waals surface area contributed by atoms with E-state index in [2.05, 4.69) is 6.58 Å². The Hall–Kier alpha value is -1.30. The molecule has 1 unspecified atom stereocenters. The Morgan fingerprint density at radius 2 is 2.00 bits per heavy atom. The van der Waals surface area contributed by atoms with Gasteiger partial charge in [-0.1, -0.05) is 30.3 Å². The topological polar surface area (TPSA) is 44.0 Å². The van der Waals surface area contributed by atoms with Gasteiger partial charge in [0.15, 0.2) is 0 Å². The lowest BCUT2D eigenvalue weighted by Crippen LogP contribution is -1.98. The summed E-state index contributed by atoms with van der Waals surface area (Å²) in [4.78, 5) is 0. The van der Waals surface area contributed by atoms with Gasteiger partial charge in [-0.3, -0.25) is 0 Å². The molecule has 0 amide bonds. The number of benzene rings is 1. The van der Waals surface area contributed by atoms with Crippen LogP contribution in [0.15, 0.2) is 36.4 Å². The summed E-state index contributed by atoms with van der Waals surface area (Å²) in [5.41, 5.74) is 0.748. The van der Waals surface area contributed by atoms with Crippen LogP contribution < -0.4 is 0 Å². The minimum Gasteiger partial charge on any atom is -0.383 e. The molecule has 3 heteroatoms. The molecule has 1 aromatic rings. The van der Waals surface area contributed by atoms with Crippen molar-refractivity contribution < 1.29 is 5.11 Å². The van der Waals surface area contributed by atoms with E-state index in [0.717, 1.165) is 0 Å². The normalized spacial score (nSPS) is 11.8. The number of aliphatic hydroxyl groups excluding tert-OH is 1. The molecule has 0 aliphatic rings. The lowest BCUT2D eigenvalue weighted by molar-refractivity contribution is 0.221. The number of hydrogen-bond donors (Lipinski definition) is 1. The largest absolute Gasteiger partial charge is 0.383 e. The molecule has 0 saturated carbocycles. The summed E-state index contributed by atoms with van der Waals surface area (Å²) in [6.07, 6.45) is -0.928. The molecule has 0 radical (unpaired) electrons. The van der Waals surface area contributed by atoms with Gasteiger partial charge < -0.3 is 5.11 Å². The van der Waals surface area contributed by atoms with Gasteiger partial charge in [0.05, 0.1) is 11.6 Å². The van der Waals surface area contributed by atoms with E-state index in [1.807, 2.05) is 0 Å². The van der Waals surface area contributed by atoms with Crippen LogP contribution in [-0.4, -0.2) is 5.11 Å². The molecule has 0 aliphatic carbocycles. The molecular weight excluding hydrogens is 186 g/mol. The van der Waals surface area contributed by atoms with Gasteiger partial charge in [-0.05, 0) is 17.7 Å². The number of aliphatic hydroxyl groups is 1. The van der Waals surface area contributed by atoms with E-state index >= 15 is 0 Å². The number of hydrogen-bond acceptors (Lipinski definition) is 2. The Morgan fingerprint density at radius 3 is 2.46 bits per heavy atom. The molecule has 1 N–H and O–H groups in total. The maximum absolute atomic E-state index is 9.51. The first-order chi connectivity index (χ1) is 6.15. The molecule has 1 atom stereocenters. The molecule has 0 aliphatic heterocycles. The first kappa shape index (κ1) is 9.79. The number of rotatable bonds is 2. The average Bonchev–Trinajstić information content (AvgIpc) is 2.17. The molecule has 2 nitrogen and oxygen atoms in total. The lowest BCUT2D eigenvalue weighted by atomic mass is 10.0. The van der Waals surface area contributed by atoms with Crippen LogP contribution in [0.3, 0.4) is 0 Å². The highest BCUT2D eigenvalue weighted by atomic mass is 35.5. The van der Waals surface area contributed by atoms with Gasteiger partial charge in [0.1, 0.15) is 6.10 Å². The number of nitriles is 1. The van der Waals surface area contributed by atoms with E-state index in [9.17, 15) is 5.11 Å². The highest BCUT2D eigenvalue weighted by molar-refractivity contribution is 6.30. The molecule has 0 aromatic heterocycles. The second-order valence-corrected chi connectivity index (χ2v) is 3.03. The van der Waals surface area contributed by atoms with Gasteiger partial charge in [-0.15, -0.1) is 0 Å². The Kier molecular flexibility index (Phi) is 3.07. The van der Waals surface area contributed by atoms with Crippen molar-refractivity contribution in [3.8, 4) is 6.07 Å². The lowest BCUT2D eigenvalue weighted by Gasteiger charge is -2.07. The first-order valence-corrected chi connectivity index (χ1v) is 4.05. The van der Waals surface area contributed by atoms with E-state index < -0.39 is 6.10 Å². The monoisotopic (exact) mass is 193 g/mol. The molecule has 0 spiro atoms. The van der Waals surface area contributed by atoms with Crippen LogP contribution in [0.2, 0.25) is 5.02 Å². The van der Waals surface area contributed by atoms with Crippen LogP contribution in [0, 0.1) is 11.3 Å². The second-order valence-electron chi connectivity index (χ2n) is 2.59. The molecule has 0 saturated heterocycles. The zero-order chi connectivity index (χ0) is 9.84. The number of halogens is 1. The van der Waals surface area contributed by atoms with Crippen LogP contribution in [0.4, 0.5) is 0 Å². The van der Waals surface area contributed by atoms with Gasteiger partial charge in [0.2, 0.25) is 0 Å². The van der Waals surface area contributed by atoms with E-state index in [1.165, 1.54) is 0 Å². The smallest absolute Gasteiger partial charge is 0.113 e. The maximum atomic E-state index is 9.51. The van der Waals surface area contributed by atoms with Crippen molar-refractivity contribution in [2.75, 3.05) is 0 Å². The summed E-state index contributed by atoms with van der Waals surface area (Å²) in [6.45, 7) is 3.43. The Bertz CT molecular complexity index is 350. The van der Waals surface area contributed by atoms with E-state index in [-0.39, 0.29) is 5.57 Å². The first-order valence-electron chi connectivity index (χ1n) is 3.67. The summed E-state index contributed by atoms with van der Waals surface area (Å²) >= 11 is 5.66. The average molecular weight is 194 g/mol. The van der Waals surface area contributed by atoms with Gasteiger partial charge in [-0.25, -0.2) is 0 Å². The molecule has 13 heavy (non-hydrogen) atoms. The fourth-order valence-corrected chi connectivity index (χ4v) is 1.03. The van der Waals surface area contributed by atoms with E-state index in [1.54, 1.807) is 30.3 Å². The Labute approximate surface area is 81.7 Å². The van der Waals surface area contributed by atoms with Crippen LogP contribution in [0.1, 0.15) is 11.7 Å². The summed E-state index contributed by atoms with van der Waals surface area (Å²) < 4.78 is 0. The third kappa shape index (κ3) is 2.32. The van der Waals surface area contributed by atoms with E-state index in [0.29, 0.717) is 10.6 Å². The summed E-state index contributed by atoms with van der Waals surface area (Å²) in [5, 5.41) is 18.6. The van der Waals surface area contributed by atoms with Crippen LogP contribution in [0.25, 0.3) is 0 Å². The van der Waals surface area contributed by atoms with Crippen LogP contribution in [0.5, 0.6) is 0 Å². The molecular formula is C10H8ClNO. The zero-order valence-electron chi connectivity index (χ0n) is 6.87. The van der Waals surface area contributed by atoms with Crippen molar-refractivity contribution >= 4 is 11.6 Å². The van der Waals surface area contributed by atoms with Crippen molar-refractivity contribution in [1.82, 2.24) is 0 Å². The van der Waals surface area contributed by atoms with Crippen molar-refractivity contribution in [3.63, 3.8) is 0 Å². The van der Waals surface area contributed by atoms with Gasteiger partial charge >= 0.3 is 0 Å². The molecule has 1 aromatic carbocycles. The van der Waals surface area contributed by atoms with Crippen molar-refractivity contribution in [3.05, 3.63) is 47.0 Å². The molecule has 0 heterocycles. The van der Waals surface area contributed by atoms with Gasteiger partial charge in [0, 0.05) is 5.02 Å². The SMILES string of the molecule is C=C(C#N)C(O)c1ccc(Cl)cc1. The molecule has 66 valence electrons. The minimum absolute atomic E-state index is 0.127. The van der Waals surface area contributed by atoms with Crippen molar-refractivity contribution in [2.24, 2.45) is 0 Å². The highest BCUT2D eigenvalue weighted by Crippen LogP contribution is 2.21. The predicted octanol–water partition coefficient (Wildman–Crippen LogP) is 2.45. The predicted molar refractivity (Wildman–Crippen MR) is 51.2 cm³/mol. The standard InChI is InChI=1S/C10H8ClNO/c1-7(6-12)10(13)8-2-4-9(11)5-3-8/h2-5,10,13H,1H2. The van der Waals surface area contributed by atoms with Crippen LogP contribution in [-0.2, 0) is 0 Å². The molecule has 1 rings (SSSR count). The van der Waals surface area contributed by atoms with Crippen molar-refractivity contribution in [1.29, 1.82) is 5.26 Å². The molecule has 0 bridgehead atoms. The Balaban J connectivity index is 2.91. The number of nitrogens with zero attached hydrogens (tertiary/aromatic N) is 1. The zero-order valence-corrected chi connectivity index (χ0v) is 7.62. The third-order valence-electron chi connectivity index (χ3n) is 1.66. The van der Waals surface area contributed by atoms with Gasteiger partial charge in [-0.2, -0.15) is 5.26 Å². The summed E-state index contributed by atoms with van der Waals surface area (Å²) in [7, 11) is 0. The summed E-state index contributed by atoms with van der Waals surface area (Å²) in [6, 6.07) is 8.44. The molecule has 0 fully saturated rings. The fraction of sp³-hybridized carbons (Fsp3) is 0.100. The summed E-state index contributed by atoms with van der Waals surface area (Å²) in [5.74, 6) is 0. The van der Waals surface area contributed by atoms with Gasteiger partial charge in [0.25, 0.3) is 0 Å². The highest BCUT2D eigenvalue weighted by Gasteiger charge is 2.10. The quantitative estimate of drug-likeness (QED) is 0.734. The fourth-order valence-electron chi connectivity index (χ4n) is 0.907. The van der Waals surface area contributed by atoms with Crippen molar-refractivity contribution in [2.45, 2.75) is 6.10 Å². The van der Waals surface area contributed by atoms with E-state index in [4.69, 9.17) is 16.9 Å². The minimum atomic E-state index is -0.928. The third-order valence-corrected chi connectivity index (χ3v) is 1.91.